The molecule has 11 heteroatoms. The maximum Gasteiger partial charge on any atom is 0.417 e. The van der Waals surface area contributed by atoms with E-state index in [0.29, 0.717) is 37.9 Å². The van der Waals surface area contributed by atoms with Crippen molar-refractivity contribution in [1.82, 2.24) is 15.2 Å². The van der Waals surface area contributed by atoms with Gasteiger partial charge in [-0.25, -0.2) is 4.98 Å². The lowest BCUT2D eigenvalue weighted by Crippen LogP contribution is -2.56. The third-order valence-electron chi connectivity index (χ3n) is 7.38. The van der Waals surface area contributed by atoms with Crippen molar-refractivity contribution < 1.29 is 31.1 Å². The first-order valence-corrected chi connectivity index (χ1v) is 12.2. The van der Waals surface area contributed by atoms with Gasteiger partial charge in [-0.1, -0.05) is 54.1 Å². The van der Waals surface area contributed by atoms with Crippen LogP contribution in [0.1, 0.15) is 51.6 Å². The first-order valence-electron chi connectivity index (χ1n) is 11.9. The van der Waals surface area contributed by atoms with E-state index in [1.807, 2.05) is 30.3 Å². The van der Waals surface area contributed by atoms with Crippen LogP contribution in [0, 0.1) is 5.92 Å². The number of halogens is 7. The predicted octanol–water partition coefficient (Wildman–Crippen LogP) is 6.91. The minimum Gasteiger partial charge on any atom is -0.342 e. The Kier molecular flexibility index (Phi) is 6.67. The summed E-state index contributed by atoms with van der Waals surface area (Å²) < 4.78 is 80.9. The summed E-state index contributed by atoms with van der Waals surface area (Å²) in [5.74, 6) is -0.702. The fraction of sp³-hybridized carbons (Fsp3) is 0.333. The van der Waals surface area contributed by atoms with Crippen molar-refractivity contribution in [2.75, 3.05) is 6.54 Å². The van der Waals surface area contributed by atoms with E-state index in [1.165, 1.54) is 12.1 Å². The van der Waals surface area contributed by atoms with Gasteiger partial charge in [0.2, 0.25) is 0 Å². The zero-order chi connectivity index (χ0) is 27.3. The number of fused-ring (bicyclic) bond motifs is 1. The third kappa shape index (κ3) is 4.87. The molecule has 3 fully saturated rings. The van der Waals surface area contributed by atoms with Crippen molar-refractivity contribution >= 4 is 17.5 Å². The smallest absolute Gasteiger partial charge is 0.342 e. The molecule has 1 aromatic heterocycles. The lowest BCUT2D eigenvalue weighted by Gasteiger charge is -2.48. The molecule has 1 aliphatic carbocycles. The van der Waals surface area contributed by atoms with E-state index in [1.54, 1.807) is 0 Å². The van der Waals surface area contributed by atoms with Crippen LogP contribution >= 0.6 is 11.6 Å². The molecule has 2 aliphatic heterocycles. The number of nitrogens with zero attached hydrogens (tertiary/aromatic N) is 2. The number of amides is 1. The Bertz CT molecular complexity index is 1340. The summed E-state index contributed by atoms with van der Waals surface area (Å²) in [6.07, 6.45) is -7.36. The molecule has 0 radical (unpaired) electrons. The van der Waals surface area contributed by atoms with Crippen LogP contribution in [0.4, 0.5) is 26.3 Å². The number of hydrogen-bond donors (Lipinski definition) is 1. The number of nitrogens with one attached hydrogen (secondary N) is 1. The van der Waals surface area contributed by atoms with Crippen molar-refractivity contribution in [3.05, 3.63) is 99.8 Å². The van der Waals surface area contributed by atoms with E-state index >= 15 is 0 Å². The van der Waals surface area contributed by atoms with Gasteiger partial charge in [0.25, 0.3) is 5.91 Å². The van der Waals surface area contributed by atoms with Gasteiger partial charge in [0.1, 0.15) is 5.69 Å². The fourth-order valence-electron chi connectivity index (χ4n) is 5.71. The molecule has 200 valence electrons. The summed E-state index contributed by atoms with van der Waals surface area (Å²) in [5, 5.41) is 1.86. The summed E-state index contributed by atoms with van der Waals surface area (Å²) in [6, 6.07) is 13.9. The van der Waals surface area contributed by atoms with Crippen molar-refractivity contribution in [2.45, 2.75) is 43.3 Å². The molecule has 1 unspecified atom stereocenters. The van der Waals surface area contributed by atoms with Gasteiger partial charge in [-0.2, -0.15) is 26.3 Å². The van der Waals surface area contributed by atoms with Gasteiger partial charge in [-0.05, 0) is 48.1 Å². The minimum atomic E-state index is -4.81. The van der Waals surface area contributed by atoms with Gasteiger partial charge in [0, 0.05) is 24.8 Å². The van der Waals surface area contributed by atoms with E-state index in [2.05, 4.69) is 15.2 Å². The van der Waals surface area contributed by atoms with Crippen LogP contribution in [-0.2, 0) is 18.9 Å². The zero-order valence-corrected chi connectivity index (χ0v) is 20.5. The maximum atomic E-state index is 13.6. The number of hydrogen-bond acceptors (Lipinski definition) is 3. The van der Waals surface area contributed by atoms with Gasteiger partial charge in [-0.3, -0.25) is 9.69 Å². The van der Waals surface area contributed by atoms with Crippen molar-refractivity contribution in [3.8, 4) is 0 Å². The molecular formula is C27H22ClF6N3O. The molecule has 38 heavy (non-hydrogen) atoms. The summed E-state index contributed by atoms with van der Waals surface area (Å²) >= 11 is 5.94. The Labute approximate surface area is 219 Å². The van der Waals surface area contributed by atoms with E-state index in [-0.39, 0.29) is 5.56 Å². The van der Waals surface area contributed by atoms with Crippen LogP contribution in [0.5, 0.6) is 0 Å². The monoisotopic (exact) mass is 553 g/mol. The van der Waals surface area contributed by atoms with Crippen molar-refractivity contribution in [2.24, 2.45) is 5.92 Å². The number of pyridine rings is 1. The summed E-state index contributed by atoms with van der Waals surface area (Å²) in [6.45, 7) is 1.19. The molecule has 1 atom stereocenters. The highest BCUT2D eigenvalue weighted by Gasteiger charge is 2.60. The molecule has 3 aromatic rings. The average Bonchev–Trinajstić information content (AvgIpc) is 3.36. The van der Waals surface area contributed by atoms with Gasteiger partial charge >= 0.3 is 12.4 Å². The van der Waals surface area contributed by atoms with Gasteiger partial charge in [-0.15, -0.1) is 0 Å². The Balaban J connectivity index is 1.54. The van der Waals surface area contributed by atoms with E-state index in [9.17, 15) is 31.1 Å². The third-order valence-corrected chi connectivity index (χ3v) is 7.76. The molecule has 4 nitrogen and oxygen atoms in total. The van der Waals surface area contributed by atoms with Crippen molar-refractivity contribution in [1.29, 1.82) is 0 Å². The lowest BCUT2D eigenvalue weighted by atomic mass is 9.67. The highest BCUT2D eigenvalue weighted by molar-refractivity contribution is 6.34. The molecule has 0 spiro atoms. The fourth-order valence-corrected chi connectivity index (χ4v) is 6.01. The van der Waals surface area contributed by atoms with Crippen LogP contribution in [0.2, 0.25) is 5.02 Å². The summed E-state index contributed by atoms with van der Waals surface area (Å²) in [7, 11) is 0. The molecule has 1 saturated carbocycles. The van der Waals surface area contributed by atoms with Crippen LogP contribution in [0.3, 0.4) is 0 Å². The molecule has 1 N–H and O–H groups in total. The molecule has 2 aromatic carbocycles. The number of carbonyl (C=O) groups excluding carboxylic acids is 1. The standard InChI is InChI=1S/C27H22ClF6N3O/c28-21-20(27(32,33)34)9-10-35-22(21)24(38)36-23(18-7-4-8-19(11-18)26(29,30)31)25-12-17(13-25)15-37(25)14-16-5-2-1-3-6-16/h1-11,17,23H,12-15H2,(H,36,38). The second kappa shape index (κ2) is 9.57. The predicted molar refractivity (Wildman–Crippen MR) is 128 cm³/mol. The van der Waals surface area contributed by atoms with E-state index in [4.69, 9.17) is 11.6 Å². The number of aromatic nitrogens is 1. The highest BCUT2D eigenvalue weighted by atomic mass is 35.5. The van der Waals surface area contributed by atoms with Crippen LogP contribution < -0.4 is 5.32 Å². The van der Waals surface area contributed by atoms with Crippen LogP contribution in [-0.4, -0.2) is 27.9 Å². The normalized spacial score (nSPS) is 22.1. The second-order valence-electron chi connectivity index (χ2n) is 9.79. The van der Waals surface area contributed by atoms with Crippen LogP contribution in [0.15, 0.2) is 66.9 Å². The number of alkyl halides is 6. The Morgan fingerprint density at radius 1 is 1.03 bits per heavy atom. The Hall–Kier alpha value is -3.11. The quantitative estimate of drug-likeness (QED) is 0.337. The molecule has 6 rings (SSSR count). The van der Waals surface area contributed by atoms with Gasteiger partial charge in [0.05, 0.1) is 22.2 Å². The SMILES string of the molecule is O=C(NC(c1cccc(C(F)(F)F)c1)C12CC(CN1Cc1ccccc1)C2)c1nccc(C(F)(F)F)c1Cl. The number of rotatable bonds is 6. The lowest BCUT2D eigenvalue weighted by molar-refractivity contribution is -0.138. The van der Waals surface area contributed by atoms with E-state index < -0.39 is 51.7 Å². The first-order chi connectivity index (χ1) is 17.9. The average molecular weight is 554 g/mol. The van der Waals surface area contributed by atoms with Gasteiger partial charge in [0.15, 0.2) is 0 Å². The zero-order valence-electron chi connectivity index (χ0n) is 19.8. The topological polar surface area (TPSA) is 45.2 Å². The molecule has 2 saturated heterocycles. The Morgan fingerprint density at radius 3 is 2.39 bits per heavy atom. The van der Waals surface area contributed by atoms with Gasteiger partial charge < -0.3 is 5.32 Å². The molecule has 3 aliphatic rings. The number of benzene rings is 2. The molecule has 2 bridgehead atoms. The van der Waals surface area contributed by atoms with E-state index in [0.717, 1.165) is 23.9 Å². The second-order valence-corrected chi connectivity index (χ2v) is 10.2. The molecule has 1 amide bonds. The first kappa shape index (κ1) is 26.5. The maximum absolute atomic E-state index is 13.6. The molecular weight excluding hydrogens is 532 g/mol. The van der Waals surface area contributed by atoms with Crippen LogP contribution in [0.25, 0.3) is 0 Å². The Morgan fingerprint density at radius 2 is 1.74 bits per heavy atom. The number of carbonyl (C=O) groups is 1. The van der Waals surface area contributed by atoms with Crippen molar-refractivity contribution in [3.63, 3.8) is 0 Å². The molecule has 3 heterocycles. The minimum absolute atomic E-state index is 0.203. The summed E-state index contributed by atoms with van der Waals surface area (Å²) in [4.78, 5) is 19.2. The summed E-state index contributed by atoms with van der Waals surface area (Å²) in [5.41, 5.74) is -2.27. The highest BCUT2D eigenvalue weighted by Crippen LogP contribution is 2.57. The largest absolute Gasteiger partial charge is 0.417 e.